The van der Waals surface area contributed by atoms with E-state index in [1.807, 2.05) is 13.0 Å². The number of sulfonamides is 1. The molecule has 0 saturated carbocycles. The first kappa shape index (κ1) is 28.6. The molecule has 1 atom stereocenters. The standard InChI is InChI=1S/C25H33ClFN3O4S/c1-4-5-15-28-25(32)19(2)29(18-20-10-8-11-21(26)17-20)24(31)14-9-16-30(35(3,33)34)23-13-7-6-12-22(23)27/h6-8,10-13,17,19H,4-5,9,14-16,18H2,1-3H3,(H,28,32)/t19-/m1/s1. The van der Waals surface area contributed by atoms with E-state index in [-0.39, 0.29) is 43.4 Å². The fraction of sp³-hybridized carbons (Fsp3) is 0.440. The minimum atomic E-state index is -3.76. The molecule has 2 rings (SSSR count). The fourth-order valence-corrected chi connectivity index (χ4v) is 4.77. The summed E-state index contributed by atoms with van der Waals surface area (Å²) in [7, 11) is -3.76. The topological polar surface area (TPSA) is 86.8 Å². The van der Waals surface area contributed by atoms with Crippen LogP contribution in [0.25, 0.3) is 0 Å². The molecule has 0 unspecified atom stereocenters. The maximum Gasteiger partial charge on any atom is 0.242 e. The molecule has 0 saturated heterocycles. The summed E-state index contributed by atoms with van der Waals surface area (Å²) in [5, 5.41) is 3.37. The van der Waals surface area contributed by atoms with Crippen LogP contribution in [0.1, 0.15) is 45.1 Å². The van der Waals surface area contributed by atoms with E-state index in [0.29, 0.717) is 11.6 Å². The predicted octanol–water partition coefficient (Wildman–Crippen LogP) is 4.36. The van der Waals surface area contributed by atoms with Gasteiger partial charge in [-0.3, -0.25) is 13.9 Å². The van der Waals surface area contributed by atoms with Gasteiger partial charge in [0.2, 0.25) is 21.8 Å². The van der Waals surface area contributed by atoms with Crippen molar-refractivity contribution in [2.75, 3.05) is 23.7 Å². The number of halogens is 2. The Morgan fingerprint density at radius 3 is 2.46 bits per heavy atom. The summed E-state index contributed by atoms with van der Waals surface area (Å²) in [5.74, 6) is -1.24. The van der Waals surface area contributed by atoms with Gasteiger partial charge in [-0.1, -0.05) is 49.2 Å². The number of carbonyl (C=O) groups is 2. The second-order valence-corrected chi connectivity index (χ2v) is 10.7. The van der Waals surface area contributed by atoms with E-state index in [2.05, 4.69) is 5.32 Å². The van der Waals surface area contributed by atoms with Gasteiger partial charge in [0.25, 0.3) is 0 Å². The minimum Gasteiger partial charge on any atom is -0.354 e. The summed E-state index contributed by atoms with van der Waals surface area (Å²) in [6.45, 7) is 4.29. The number of nitrogens with zero attached hydrogens (tertiary/aromatic N) is 2. The second kappa shape index (κ2) is 13.4. The van der Waals surface area contributed by atoms with Crippen molar-refractivity contribution in [3.63, 3.8) is 0 Å². The number of nitrogens with one attached hydrogen (secondary N) is 1. The van der Waals surface area contributed by atoms with Crippen molar-refractivity contribution in [3.05, 3.63) is 64.9 Å². The van der Waals surface area contributed by atoms with Crippen molar-refractivity contribution in [2.24, 2.45) is 0 Å². The van der Waals surface area contributed by atoms with E-state index in [1.54, 1.807) is 31.2 Å². The van der Waals surface area contributed by atoms with Gasteiger partial charge in [0, 0.05) is 31.1 Å². The maximum absolute atomic E-state index is 14.2. The van der Waals surface area contributed by atoms with Crippen LogP contribution in [0.2, 0.25) is 5.02 Å². The molecule has 7 nitrogen and oxygen atoms in total. The molecular formula is C25H33ClFN3O4S. The molecule has 0 bridgehead atoms. The Bertz CT molecular complexity index is 1110. The van der Waals surface area contributed by atoms with Crippen LogP contribution in [0.5, 0.6) is 0 Å². The highest BCUT2D eigenvalue weighted by atomic mass is 35.5. The van der Waals surface area contributed by atoms with Crippen LogP contribution in [0.15, 0.2) is 48.5 Å². The Balaban J connectivity index is 2.15. The van der Waals surface area contributed by atoms with Gasteiger partial charge < -0.3 is 10.2 Å². The zero-order valence-corrected chi connectivity index (χ0v) is 21.9. The first-order chi connectivity index (χ1) is 16.5. The van der Waals surface area contributed by atoms with Crippen molar-refractivity contribution in [3.8, 4) is 0 Å². The first-order valence-corrected chi connectivity index (χ1v) is 13.8. The number of benzene rings is 2. The normalized spacial score (nSPS) is 12.1. The van der Waals surface area contributed by atoms with Crippen LogP contribution in [0.3, 0.4) is 0 Å². The molecule has 0 fully saturated rings. The first-order valence-electron chi connectivity index (χ1n) is 11.6. The molecule has 0 spiro atoms. The number of unbranched alkanes of at least 4 members (excludes halogenated alkanes) is 1. The highest BCUT2D eigenvalue weighted by molar-refractivity contribution is 7.92. The Labute approximate surface area is 212 Å². The van der Waals surface area contributed by atoms with E-state index in [0.717, 1.165) is 29.0 Å². The number of anilines is 1. The molecule has 0 radical (unpaired) electrons. The maximum atomic E-state index is 14.2. The number of para-hydroxylation sites is 1. The average Bonchev–Trinajstić information content (AvgIpc) is 2.80. The Morgan fingerprint density at radius 2 is 1.83 bits per heavy atom. The van der Waals surface area contributed by atoms with Crippen LogP contribution in [-0.4, -0.2) is 50.5 Å². The zero-order chi connectivity index (χ0) is 26.0. The van der Waals surface area contributed by atoms with E-state index >= 15 is 0 Å². The molecule has 1 N–H and O–H groups in total. The monoisotopic (exact) mass is 525 g/mol. The number of hydrogen-bond acceptors (Lipinski definition) is 4. The Kier molecular flexibility index (Phi) is 11.0. The number of hydrogen-bond donors (Lipinski definition) is 1. The predicted molar refractivity (Wildman–Crippen MR) is 137 cm³/mol. The van der Waals surface area contributed by atoms with E-state index in [1.165, 1.54) is 23.1 Å². The quantitative estimate of drug-likeness (QED) is 0.394. The molecule has 2 amide bonds. The third-order valence-corrected chi connectivity index (χ3v) is 6.93. The average molecular weight is 526 g/mol. The van der Waals surface area contributed by atoms with Crippen molar-refractivity contribution < 1.29 is 22.4 Å². The minimum absolute atomic E-state index is 0.0202. The van der Waals surface area contributed by atoms with Gasteiger partial charge in [0.1, 0.15) is 11.9 Å². The van der Waals surface area contributed by atoms with Gasteiger partial charge in [0.15, 0.2) is 0 Å². The highest BCUT2D eigenvalue weighted by Gasteiger charge is 2.27. The number of rotatable bonds is 13. The third-order valence-electron chi connectivity index (χ3n) is 5.51. The molecule has 2 aromatic rings. The summed E-state index contributed by atoms with van der Waals surface area (Å²) >= 11 is 6.09. The summed E-state index contributed by atoms with van der Waals surface area (Å²) in [6.07, 6.45) is 2.89. The molecule has 0 aliphatic rings. The lowest BCUT2D eigenvalue weighted by molar-refractivity contribution is -0.140. The van der Waals surface area contributed by atoms with Gasteiger partial charge in [-0.25, -0.2) is 12.8 Å². The highest BCUT2D eigenvalue weighted by Crippen LogP contribution is 2.22. The lowest BCUT2D eigenvalue weighted by atomic mass is 10.1. The molecule has 192 valence electrons. The summed E-state index contributed by atoms with van der Waals surface area (Å²) < 4.78 is 39.8. The van der Waals surface area contributed by atoms with Crippen molar-refractivity contribution in [2.45, 2.75) is 52.1 Å². The molecule has 10 heteroatoms. The molecule has 0 aromatic heterocycles. The molecule has 0 aliphatic heterocycles. The van der Waals surface area contributed by atoms with E-state index in [9.17, 15) is 22.4 Å². The zero-order valence-electron chi connectivity index (χ0n) is 20.3. The fourth-order valence-electron chi connectivity index (χ4n) is 3.59. The smallest absolute Gasteiger partial charge is 0.242 e. The van der Waals surface area contributed by atoms with Crippen molar-refractivity contribution in [1.29, 1.82) is 0 Å². The molecule has 35 heavy (non-hydrogen) atoms. The summed E-state index contributed by atoms with van der Waals surface area (Å²) in [4.78, 5) is 27.4. The van der Waals surface area contributed by atoms with Gasteiger partial charge in [-0.2, -0.15) is 0 Å². The van der Waals surface area contributed by atoms with Crippen LogP contribution in [-0.2, 0) is 26.2 Å². The van der Waals surface area contributed by atoms with Crippen LogP contribution in [0, 0.1) is 5.82 Å². The molecule has 2 aromatic carbocycles. The molecule has 0 aliphatic carbocycles. The number of amides is 2. The van der Waals surface area contributed by atoms with E-state index < -0.39 is 21.9 Å². The van der Waals surface area contributed by atoms with Crippen LogP contribution < -0.4 is 9.62 Å². The van der Waals surface area contributed by atoms with Crippen LogP contribution in [0.4, 0.5) is 10.1 Å². The molecule has 0 heterocycles. The second-order valence-electron chi connectivity index (χ2n) is 8.36. The lowest BCUT2D eigenvalue weighted by Gasteiger charge is -2.29. The SMILES string of the molecule is CCCCNC(=O)[C@@H](C)N(Cc1cccc(Cl)c1)C(=O)CCCN(c1ccccc1F)S(C)(=O)=O. The van der Waals surface area contributed by atoms with Crippen molar-refractivity contribution >= 4 is 39.1 Å². The number of carbonyl (C=O) groups excluding carboxylic acids is 2. The van der Waals surface area contributed by atoms with Gasteiger partial charge in [0.05, 0.1) is 11.9 Å². The Morgan fingerprint density at radius 1 is 1.11 bits per heavy atom. The largest absolute Gasteiger partial charge is 0.354 e. The lowest BCUT2D eigenvalue weighted by Crippen LogP contribution is -2.48. The van der Waals surface area contributed by atoms with Gasteiger partial charge >= 0.3 is 0 Å². The Hall–Kier alpha value is -2.65. The van der Waals surface area contributed by atoms with Gasteiger partial charge in [-0.15, -0.1) is 0 Å². The van der Waals surface area contributed by atoms with Gasteiger partial charge in [-0.05, 0) is 49.6 Å². The van der Waals surface area contributed by atoms with Crippen molar-refractivity contribution in [1.82, 2.24) is 10.2 Å². The van der Waals surface area contributed by atoms with Crippen LogP contribution >= 0.6 is 11.6 Å². The summed E-state index contributed by atoms with van der Waals surface area (Å²) in [6, 6.07) is 11.9. The molecular weight excluding hydrogens is 493 g/mol. The third kappa shape index (κ3) is 8.81. The summed E-state index contributed by atoms with van der Waals surface area (Å²) in [5.41, 5.74) is 0.699. The van der Waals surface area contributed by atoms with E-state index in [4.69, 9.17) is 11.6 Å².